The maximum Gasteiger partial charge on any atom is 0.242 e. The van der Waals surface area contributed by atoms with Gasteiger partial charge in [-0.1, -0.05) is 42.8 Å². The molecule has 0 saturated heterocycles. The number of amides is 1. The molecule has 5 nitrogen and oxygen atoms in total. The van der Waals surface area contributed by atoms with E-state index < -0.39 is 15.4 Å². The molecular weight excluding hydrogens is 332 g/mol. The van der Waals surface area contributed by atoms with Gasteiger partial charge in [-0.3, -0.25) is 9.52 Å². The fourth-order valence-electron chi connectivity index (χ4n) is 1.19. The van der Waals surface area contributed by atoms with E-state index in [4.69, 9.17) is 0 Å². The van der Waals surface area contributed by atoms with Gasteiger partial charge in [-0.2, -0.15) is 0 Å². The van der Waals surface area contributed by atoms with Gasteiger partial charge in [0.25, 0.3) is 0 Å². The zero-order valence-corrected chi connectivity index (χ0v) is 13.4. The Kier molecular flexibility index (Phi) is 4.98. The summed E-state index contributed by atoms with van der Waals surface area (Å²) in [7, 11) is -3.39. The van der Waals surface area contributed by atoms with E-state index in [1.54, 1.807) is 45.0 Å². The Hall–Kier alpha value is -1.08. The fourth-order valence-corrected chi connectivity index (χ4v) is 2.07. The minimum Gasteiger partial charge on any atom is -0.326 e. The van der Waals surface area contributed by atoms with E-state index in [0.29, 0.717) is 11.4 Å². The van der Waals surface area contributed by atoms with E-state index in [0.717, 1.165) is 0 Å². The molecule has 0 spiro atoms. The average molecular weight is 349 g/mol. The number of alkyl halides is 1. The molecule has 7 heteroatoms. The lowest BCUT2D eigenvalue weighted by Gasteiger charge is -2.18. The molecule has 1 rings (SSSR count). The summed E-state index contributed by atoms with van der Waals surface area (Å²) in [6.45, 7) is 5.42. The second-order valence-corrected chi connectivity index (χ2v) is 8.14. The van der Waals surface area contributed by atoms with Crippen molar-refractivity contribution >= 4 is 43.2 Å². The van der Waals surface area contributed by atoms with Gasteiger partial charge in [0, 0.05) is 11.1 Å². The number of carbonyl (C=O) groups excluding carboxylic acids is 1. The van der Waals surface area contributed by atoms with Crippen LogP contribution in [0.3, 0.4) is 0 Å². The Morgan fingerprint density at radius 2 is 1.84 bits per heavy atom. The number of hydrogen-bond acceptors (Lipinski definition) is 3. The molecule has 0 saturated carbocycles. The molecule has 106 valence electrons. The molecule has 0 aliphatic heterocycles. The van der Waals surface area contributed by atoms with Gasteiger partial charge in [-0.05, 0) is 18.2 Å². The zero-order valence-electron chi connectivity index (χ0n) is 11.0. The summed E-state index contributed by atoms with van der Waals surface area (Å²) >= 11 is 2.89. The van der Waals surface area contributed by atoms with Crippen molar-refractivity contribution in [1.29, 1.82) is 0 Å². The molecule has 1 amide bonds. The van der Waals surface area contributed by atoms with Crippen LogP contribution in [0.4, 0.5) is 11.4 Å². The monoisotopic (exact) mass is 348 g/mol. The van der Waals surface area contributed by atoms with Gasteiger partial charge < -0.3 is 5.32 Å². The summed E-state index contributed by atoms with van der Waals surface area (Å²) in [5.41, 5.74) is 0.451. The summed E-state index contributed by atoms with van der Waals surface area (Å²) in [5, 5.41) is 2.74. The van der Waals surface area contributed by atoms with E-state index in [-0.39, 0.29) is 10.6 Å². The molecule has 1 aromatic carbocycles. The number of rotatable bonds is 4. The predicted octanol–water partition coefficient (Wildman–Crippen LogP) is 2.77. The van der Waals surface area contributed by atoms with Gasteiger partial charge in [0.05, 0.1) is 5.69 Å². The second-order valence-electron chi connectivity index (χ2n) is 5.11. The predicted molar refractivity (Wildman–Crippen MR) is 80.9 cm³/mol. The molecule has 1 aromatic rings. The molecule has 0 fully saturated rings. The van der Waals surface area contributed by atoms with Crippen molar-refractivity contribution in [3.63, 3.8) is 0 Å². The van der Waals surface area contributed by atoms with Gasteiger partial charge in [-0.25, -0.2) is 8.42 Å². The van der Waals surface area contributed by atoms with Crippen LogP contribution in [-0.2, 0) is 14.8 Å². The summed E-state index contributed by atoms with van der Waals surface area (Å²) in [4.78, 5) is 11.8. The van der Waals surface area contributed by atoms with Crippen LogP contribution in [0, 0.1) is 5.41 Å². The molecule has 0 unspecified atom stereocenters. The highest BCUT2D eigenvalue weighted by atomic mass is 79.9. The Labute approximate surface area is 122 Å². The van der Waals surface area contributed by atoms with Crippen LogP contribution in [0.1, 0.15) is 20.8 Å². The average Bonchev–Trinajstić information content (AvgIpc) is 2.27. The minimum atomic E-state index is -3.39. The normalized spacial score (nSPS) is 12.0. The molecule has 2 N–H and O–H groups in total. The van der Waals surface area contributed by atoms with Crippen molar-refractivity contribution in [2.24, 2.45) is 5.41 Å². The van der Waals surface area contributed by atoms with Gasteiger partial charge in [0.15, 0.2) is 0 Å². The third kappa shape index (κ3) is 5.20. The number of hydrogen-bond donors (Lipinski definition) is 2. The summed E-state index contributed by atoms with van der Waals surface area (Å²) in [5.74, 6) is -0.131. The molecule has 0 aliphatic carbocycles. The largest absolute Gasteiger partial charge is 0.326 e. The van der Waals surface area contributed by atoms with Crippen LogP contribution in [0.25, 0.3) is 0 Å². The minimum absolute atomic E-state index is 0.131. The highest BCUT2D eigenvalue weighted by Gasteiger charge is 2.21. The van der Waals surface area contributed by atoms with Crippen molar-refractivity contribution in [1.82, 2.24) is 0 Å². The van der Waals surface area contributed by atoms with E-state index in [9.17, 15) is 13.2 Å². The number of nitrogens with one attached hydrogen (secondary N) is 2. The van der Waals surface area contributed by atoms with Crippen LogP contribution >= 0.6 is 15.9 Å². The topological polar surface area (TPSA) is 75.3 Å². The zero-order chi connectivity index (χ0) is 14.7. The lowest BCUT2D eigenvalue weighted by molar-refractivity contribution is -0.123. The SMILES string of the molecule is CC(C)(C)C(=O)Nc1cccc(NS(=O)(=O)CBr)c1. The first-order valence-electron chi connectivity index (χ1n) is 5.62. The van der Waals surface area contributed by atoms with Gasteiger partial charge in [-0.15, -0.1) is 0 Å². The van der Waals surface area contributed by atoms with Crippen LogP contribution in [-0.4, -0.2) is 19.0 Å². The fraction of sp³-hybridized carbons (Fsp3) is 0.417. The number of sulfonamides is 1. The molecule has 0 atom stereocenters. The smallest absolute Gasteiger partial charge is 0.242 e. The van der Waals surface area contributed by atoms with Gasteiger partial charge >= 0.3 is 0 Å². The highest BCUT2D eigenvalue weighted by molar-refractivity contribution is 9.10. The second kappa shape index (κ2) is 5.92. The van der Waals surface area contributed by atoms with Gasteiger partial charge in [0.1, 0.15) is 4.66 Å². The lowest BCUT2D eigenvalue weighted by atomic mass is 9.95. The molecule has 0 heterocycles. The first kappa shape index (κ1) is 16.0. The molecular formula is C12H17BrN2O3S. The highest BCUT2D eigenvalue weighted by Crippen LogP contribution is 2.20. The Morgan fingerprint density at radius 1 is 1.26 bits per heavy atom. The van der Waals surface area contributed by atoms with Crippen LogP contribution in [0.15, 0.2) is 24.3 Å². The van der Waals surface area contributed by atoms with Crippen LogP contribution < -0.4 is 10.0 Å². The molecule has 0 radical (unpaired) electrons. The Bertz CT molecular complexity index is 565. The standard InChI is InChI=1S/C12H17BrN2O3S/c1-12(2,3)11(16)14-9-5-4-6-10(7-9)15-19(17,18)8-13/h4-7,15H,8H2,1-3H3,(H,14,16). The first-order valence-corrected chi connectivity index (χ1v) is 8.39. The van der Waals surface area contributed by atoms with Crippen molar-refractivity contribution in [3.8, 4) is 0 Å². The number of anilines is 2. The molecule has 19 heavy (non-hydrogen) atoms. The van der Waals surface area contributed by atoms with Gasteiger partial charge in [0.2, 0.25) is 15.9 Å². The quantitative estimate of drug-likeness (QED) is 0.821. The maximum atomic E-state index is 11.8. The van der Waals surface area contributed by atoms with E-state index >= 15 is 0 Å². The Morgan fingerprint density at radius 3 is 2.37 bits per heavy atom. The molecule has 0 bridgehead atoms. The van der Waals surface area contributed by atoms with E-state index in [1.807, 2.05) is 0 Å². The van der Waals surface area contributed by atoms with E-state index in [2.05, 4.69) is 26.0 Å². The number of carbonyl (C=O) groups is 1. The Balaban J connectivity index is 2.87. The summed E-state index contributed by atoms with van der Waals surface area (Å²) in [6, 6.07) is 6.57. The summed E-state index contributed by atoms with van der Waals surface area (Å²) < 4.78 is 25.0. The maximum absolute atomic E-state index is 11.8. The third-order valence-corrected chi connectivity index (χ3v) is 4.86. The first-order chi connectivity index (χ1) is 8.64. The van der Waals surface area contributed by atoms with Crippen molar-refractivity contribution in [2.45, 2.75) is 20.8 Å². The number of halogens is 1. The van der Waals surface area contributed by atoms with E-state index in [1.165, 1.54) is 0 Å². The van der Waals surface area contributed by atoms with Crippen LogP contribution in [0.5, 0.6) is 0 Å². The lowest BCUT2D eigenvalue weighted by Crippen LogP contribution is -2.27. The summed E-state index contributed by atoms with van der Waals surface area (Å²) in [6.07, 6.45) is 0. The molecule has 0 aliphatic rings. The van der Waals surface area contributed by atoms with Crippen LogP contribution in [0.2, 0.25) is 0 Å². The van der Waals surface area contributed by atoms with Crippen molar-refractivity contribution in [2.75, 3.05) is 14.7 Å². The van der Waals surface area contributed by atoms with Crippen molar-refractivity contribution < 1.29 is 13.2 Å². The third-order valence-electron chi connectivity index (χ3n) is 2.22. The van der Waals surface area contributed by atoms with Crippen molar-refractivity contribution in [3.05, 3.63) is 24.3 Å². The molecule has 0 aromatic heterocycles. The number of benzene rings is 1.